The molecule has 2 rings (SSSR count). The first kappa shape index (κ1) is 12.0. The van der Waals surface area contributed by atoms with E-state index in [-0.39, 0.29) is 11.4 Å². The van der Waals surface area contributed by atoms with Gasteiger partial charge in [0.05, 0.1) is 14.2 Å². The third kappa shape index (κ3) is 2.13. The van der Waals surface area contributed by atoms with Gasteiger partial charge in [-0.05, 0) is 12.1 Å². The SMILES string of the molecule is COC(=O)c1c(-c2ncccn2)ccnc1OC. The van der Waals surface area contributed by atoms with Crippen molar-refractivity contribution in [3.8, 4) is 17.3 Å². The molecule has 6 nitrogen and oxygen atoms in total. The van der Waals surface area contributed by atoms with Crippen molar-refractivity contribution in [2.24, 2.45) is 0 Å². The summed E-state index contributed by atoms with van der Waals surface area (Å²) in [6, 6.07) is 3.34. The van der Waals surface area contributed by atoms with Gasteiger partial charge < -0.3 is 9.47 Å². The van der Waals surface area contributed by atoms with Crippen LogP contribution in [0.2, 0.25) is 0 Å². The van der Waals surface area contributed by atoms with Crippen LogP contribution >= 0.6 is 0 Å². The molecule has 0 aliphatic heterocycles. The first-order valence-electron chi connectivity index (χ1n) is 5.16. The number of nitrogens with zero attached hydrogens (tertiary/aromatic N) is 3. The molecule has 0 spiro atoms. The minimum atomic E-state index is -0.539. The molecule has 18 heavy (non-hydrogen) atoms. The van der Waals surface area contributed by atoms with Crippen LogP contribution in [0.4, 0.5) is 0 Å². The van der Waals surface area contributed by atoms with Crippen LogP contribution in [-0.4, -0.2) is 35.1 Å². The molecule has 0 aliphatic rings. The summed E-state index contributed by atoms with van der Waals surface area (Å²) in [4.78, 5) is 24.0. The summed E-state index contributed by atoms with van der Waals surface area (Å²) in [7, 11) is 2.73. The van der Waals surface area contributed by atoms with Crippen molar-refractivity contribution in [2.75, 3.05) is 14.2 Å². The molecule has 0 saturated carbocycles. The fourth-order valence-corrected chi connectivity index (χ4v) is 1.52. The molecule has 0 aromatic carbocycles. The molecular formula is C12H11N3O3. The van der Waals surface area contributed by atoms with Crippen LogP contribution in [-0.2, 0) is 4.74 Å². The van der Waals surface area contributed by atoms with Crippen LogP contribution in [0.3, 0.4) is 0 Å². The molecule has 0 atom stereocenters. The highest BCUT2D eigenvalue weighted by Crippen LogP contribution is 2.26. The number of carbonyl (C=O) groups excluding carboxylic acids is 1. The summed E-state index contributed by atoms with van der Waals surface area (Å²) in [5.74, 6) is 0.0628. The largest absolute Gasteiger partial charge is 0.480 e. The number of rotatable bonds is 3. The Kier molecular flexibility index (Phi) is 3.47. The van der Waals surface area contributed by atoms with Crippen molar-refractivity contribution in [3.63, 3.8) is 0 Å². The molecule has 92 valence electrons. The summed E-state index contributed by atoms with van der Waals surface area (Å²) in [5.41, 5.74) is 0.739. The van der Waals surface area contributed by atoms with Crippen LogP contribution in [0.25, 0.3) is 11.4 Å². The maximum absolute atomic E-state index is 11.8. The van der Waals surface area contributed by atoms with E-state index in [1.165, 1.54) is 20.4 Å². The molecule has 0 radical (unpaired) electrons. The predicted molar refractivity (Wildman–Crippen MR) is 63.2 cm³/mol. The van der Waals surface area contributed by atoms with Crippen LogP contribution < -0.4 is 4.74 Å². The van der Waals surface area contributed by atoms with E-state index in [0.717, 1.165) is 0 Å². The third-order valence-corrected chi connectivity index (χ3v) is 2.31. The Morgan fingerprint density at radius 1 is 1.11 bits per heavy atom. The van der Waals surface area contributed by atoms with Gasteiger partial charge >= 0.3 is 5.97 Å². The Labute approximate surface area is 104 Å². The molecule has 0 bridgehead atoms. The molecular weight excluding hydrogens is 234 g/mol. The number of hydrogen-bond acceptors (Lipinski definition) is 6. The van der Waals surface area contributed by atoms with Crippen molar-refractivity contribution in [1.82, 2.24) is 15.0 Å². The quantitative estimate of drug-likeness (QED) is 0.759. The second-order valence-electron chi connectivity index (χ2n) is 3.31. The van der Waals surface area contributed by atoms with E-state index in [0.29, 0.717) is 11.4 Å². The monoisotopic (exact) mass is 245 g/mol. The molecule has 0 fully saturated rings. The van der Waals surface area contributed by atoms with E-state index in [1.807, 2.05) is 0 Å². The Morgan fingerprint density at radius 2 is 1.83 bits per heavy atom. The van der Waals surface area contributed by atoms with Crippen LogP contribution in [0, 0.1) is 0 Å². The number of ether oxygens (including phenoxy) is 2. The van der Waals surface area contributed by atoms with Crippen molar-refractivity contribution in [1.29, 1.82) is 0 Å². The second-order valence-corrected chi connectivity index (χ2v) is 3.31. The molecule has 6 heteroatoms. The predicted octanol–water partition coefficient (Wildman–Crippen LogP) is 1.33. The zero-order valence-electron chi connectivity index (χ0n) is 9.95. The van der Waals surface area contributed by atoms with E-state index in [2.05, 4.69) is 15.0 Å². The van der Waals surface area contributed by atoms with Gasteiger partial charge in [-0.15, -0.1) is 0 Å². The van der Waals surface area contributed by atoms with Gasteiger partial charge in [-0.3, -0.25) is 0 Å². The summed E-state index contributed by atoms with van der Waals surface area (Å²) in [5, 5.41) is 0. The lowest BCUT2D eigenvalue weighted by Crippen LogP contribution is -2.08. The summed E-state index contributed by atoms with van der Waals surface area (Å²) in [6.07, 6.45) is 4.71. The van der Waals surface area contributed by atoms with Crippen LogP contribution in [0.15, 0.2) is 30.7 Å². The second kappa shape index (κ2) is 5.22. The van der Waals surface area contributed by atoms with E-state index < -0.39 is 5.97 Å². The van der Waals surface area contributed by atoms with Gasteiger partial charge in [-0.2, -0.15) is 0 Å². The Balaban J connectivity index is 2.64. The van der Waals surface area contributed by atoms with E-state index in [9.17, 15) is 4.79 Å². The van der Waals surface area contributed by atoms with Crippen LogP contribution in [0.5, 0.6) is 5.88 Å². The first-order chi connectivity index (χ1) is 8.77. The average Bonchev–Trinajstić information content (AvgIpc) is 2.46. The maximum atomic E-state index is 11.8. The Bertz CT molecular complexity index is 558. The Morgan fingerprint density at radius 3 is 2.44 bits per heavy atom. The minimum Gasteiger partial charge on any atom is -0.480 e. The highest BCUT2D eigenvalue weighted by Gasteiger charge is 2.21. The lowest BCUT2D eigenvalue weighted by Gasteiger charge is -2.09. The minimum absolute atomic E-state index is 0.187. The highest BCUT2D eigenvalue weighted by molar-refractivity contribution is 5.98. The van der Waals surface area contributed by atoms with Gasteiger partial charge in [-0.25, -0.2) is 19.7 Å². The maximum Gasteiger partial charge on any atom is 0.344 e. The zero-order valence-corrected chi connectivity index (χ0v) is 9.95. The van der Waals surface area contributed by atoms with E-state index in [4.69, 9.17) is 9.47 Å². The third-order valence-electron chi connectivity index (χ3n) is 2.31. The highest BCUT2D eigenvalue weighted by atomic mass is 16.5. The zero-order chi connectivity index (χ0) is 13.0. The molecule has 2 heterocycles. The lowest BCUT2D eigenvalue weighted by atomic mass is 10.1. The lowest BCUT2D eigenvalue weighted by molar-refractivity contribution is 0.0597. The molecule has 2 aromatic heterocycles. The van der Waals surface area contributed by atoms with Crippen molar-refractivity contribution in [2.45, 2.75) is 0 Å². The topological polar surface area (TPSA) is 74.2 Å². The van der Waals surface area contributed by atoms with E-state index in [1.54, 1.807) is 24.5 Å². The average molecular weight is 245 g/mol. The molecule has 0 N–H and O–H groups in total. The van der Waals surface area contributed by atoms with Gasteiger partial charge in [0.2, 0.25) is 5.88 Å². The fourth-order valence-electron chi connectivity index (χ4n) is 1.52. The number of pyridine rings is 1. The van der Waals surface area contributed by atoms with Crippen molar-refractivity contribution >= 4 is 5.97 Å². The van der Waals surface area contributed by atoms with Crippen molar-refractivity contribution < 1.29 is 14.3 Å². The standard InChI is InChI=1S/C12H11N3O3/c1-17-11-9(12(16)18-2)8(4-7-15-11)10-13-5-3-6-14-10/h3-7H,1-2H3. The normalized spacial score (nSPS) is 9.89. The number of hydrogen-bond donors (Lipinski definition) is 0. The van der Waals surface area contributed by atoms with Crippen molar-refractivity contribution in [3.05, 3.63) is 36.3 Å². The fraction of sp³-hybridized carbons (Fsp3) is 0.167. The van der Waals surface area contributed by atoms with Crippen LogP contribution in [0.1, 0.15) is 10.4 Å². The van der Waals surface area contributed by atoms with Gasteiger partial charge in [0.1, 0.15) is 5.56 Å². The van der Waals surface area contributed by atoms with Gasteiger partial charge in [0.25, 0.3) is 0 Å². The van der Waals surface area contributed by atoms with Gasteiger partial charge in [0.15, 0.2) is 5.82 Å². The summed E-state index contributed by atoms with van der Waals surface area (Å²) < 4.78 is 9.79. The van der Waals surface area contributed by atoms with Gasteiger partial charge in [0, 0.05) is 24.2 Å². The Hall–Kier alpha value is -2.50. The first-order valence-corrected chi connectivity index (χ1v) is 5.16. The number of aromatic nitrogens is 3. The molecule has 0 amide bonds. The number of esters is 1. The number of methoxy groups -OCH3 is 2. The summed E-state index contributed by atoms with van der Waals surface area (Å²) in [6.45, 7) is 0. The molecule has 0 aliphatic carbocycles. The van der Waals surface area contributed by atoms with Gasteiger partial charge in [-0.1, -0.05) is 0 Å². The molecule has 0 saturated heterocycles. The molecule has 2 aromatic rings. The smallest absolute Gasteiger partial charge is 0.344 e. The summed E-state index contributed by atoms with van der Waals surface area (Å²) >= 11 is 0. The molecule has 0 unspecified atom stereocenters. The van der Waals surface area contributed by atoms with E-state index >= 15 is 0 Å². The number of carbonyl (C=O) groups is 1.